The lowest BCUT2D eigenvalue weighted by atomic mass is 9.97. The Bertz CT molecular complexity index is 1380. The Labute approximate surface area is 318 Å². The van der Waals surface area contributed by atoms with Crippen molar-refractivity contribution in [3.63, 3.8) is 0 Å². The van der Waals surface area contributed by atoms with Gasteiger partial charge in [0.15, 0.2) is 34.8 Å². The number of hydrogen-bond acceptors (Lipinski definition) is 12. The molecular formula is C40H60O14. The number of phenols is 2. The maximum atomic E-state index is 13.1. The smallest absolute Gasteiger partial charge is 0.320 e. The lowest BCUT2D eigenvalue weighted by Gasteiger charge is -2.21. The number of carbonyl (C=O) groups is 4. The number of aromatic hydroxyl groups is 2. The van der Waals surface area contributed by atoms with E-state index in [-0.39, 0.29) is 72.4 Å². The van der Waals surface area contributed by atoms with Crippen LogP contribution in [0.3, 0.4) is 0 Å². The van der Waals surface area contributed by atoms with Gasteiger partial charge < -0.3 is 48.8 Å². The predicted molar refractivity (Wildman–Crippen MR) is 201 cm³/mol. The van der Waals surface area contributed by atoms with Gasteiger partial charge in [0.25, 0.3) is 0 Å². The minimum atomic E-state index is -1.57. The van der Waals surface area contributed by atoms with Crippen molar-refractivity contribution in [3.8, 4) is 34.5 Å². The van der Waals surface area contributed by atoms with Crippen LogP contribution in [0, 0.1) is 23.7 Å². The number of benzene rings is 2. The number of esters is 2. The second-order valence-electron chi connectivity index (χ2n) is 13.0. The summed E-state index contributed by atoms with van der Waals surface area (Å²) in [6, 6.07) is 5.93. The van der Waals surface area contributed by atoms with E-state index >= 15 is 0 Å². The number of aliphatic carboxylic acids is 2. The molecule has 4 N–H and O–H groups in total. The minimum absolute atomic E-state index is 0.0577. The molecule has 54 heavy (non-hydrogen) atoms. The van der Waals surface area contributed by atoms with Gasteiger partial charge in [-0.2, -0.15) is 0 Å². The first-order chi connectivity index (χ1) is 25.7. The highest BCUT2D eigenvalue weighted by molar-refractivity contribution is 5.95. The van der Waals surface area contributed by atoms with Crippen molar-refractivity contribution in [2.45, 2.75) is 91.9 Å². The average Bonchev–Trinajstić information content (AvgIpc) is 3.16. The highest BCUT2D eigenvalue weighted by atomic mass is 16.6. The fourth-order valence-corrected chi connectivity index (χ4v) is 5.54. The van der Waals surface area contributed by atoms with E-state index in [1.165, 1.54) is 40.6 Å². The fourth-order valence-electron chi connectivity index (χ4n) is 5.54. The molecular weight excluding hydrogens is 704 g/mol. The molecule has 0 saturated heterocycles. The van der Waals surface area contributed by atoms with Gasteiger partial charge in [-0.1, -0.05) is 66.2 Å². The van der Waals surface area contributed by atoms with Crippen LogP contribution in [-0.2, 0) is 41.5 Å². The van der Waals surface area contributed by atoms with Crippen LogP contribution in [0.5, 0.6) is 34.5 Å². The quantitative estimate of drug-likeness (QED) is 0.0640. The van der Waals surface area contributed by atoms with Gasteiger partial charge >= 0.3 is 23.9 Å². The topological polar surface area (TPSA) is 205 Å². The average molecular weight is 765 g/mol. The SMILES string of the molecule is CCCCC(CC)COC(=O)C(Cc1cc(OC)c(O)c(OC)c1)C(=O)OCC(CC)CCCC.COc1cc(CC(C(=O)O)C(=O)O)cc(OC)c1O. The third kappa shape index (κ3) is 15.2. The number of unbranched alkanes of at least 4 members (excludes halogenated alkanes) is 2. The summed E-state index contributed by atoms with van der Waals surface area (Å²) >= 11 is 0. The van der Waals surface area contributed by atoms with Crippen molar-refractivity contribution < 1.29 is 68.0 Å². The van der Waals surface area contributed by atoms with E-state index in [1.54, 1.807) is 12.1 Å². The van der Waals surface area contributed by atoms with Crippen LogP contribution < -0.4 is 18.9 Å². The number of carbonyl (C=O) groups excluding carboxylic acids is 2. The number of carboxylic acids is 2. The Morgan fingerprint density at radius 1 is 0.556 bits per heavy atom. The van der Waals surface area contributed by atoms with E-state index in [9.17, 15) is 29.4 Å². The summed E-state index contributed by atoms with van der Waals surface area (Å²) in [6.07, 6.45) is 7.92. The van der Waals surface area contributed by atoms with E-state index in [1.807, 2.05) is 0 Å². The second kappa shape index (κ2) is 25.2. The second-order valence-corrected chi connectivity index (χ2v) is 13.0. The third-order valence-electron chi connectivity index (χ3n) is 9.13. The Morgan fingerprint density at radius 2 is 0.870 bits per heavy atom. The Balaban J connectivity index is 0.000000644. The van der Waals surface area contributed by atoms with Gasteiger partial charge in [0.05, 0.1) is 41.7 Å². The highest BCUT2D eigenvalue weighted by Crippen LogP contribution is 2.39. The lowest BCUT2D eigenvalue weighted by Crippen LogP contribution is -2.32. The molecule has 2 rings (SSSR count). The molecule has 0 amide bonds. The molecule has 0 aromatic heterocycles. The molecule has 2 unspecified atom stereocenters. The molecule has 14 heteroatoms. The summed E-state index contributed by atoms with van der Waals surface area (Å²) < 4.78 is 31.5. The molecule has 2 aromatic carbocycles. The van der Waals surface area contributed by atoms with Gasteiger partial charge in [-0.3, -0.25) is 19.2 Å². The molecule has 0 spiro atoms. The van der Waals surface area contributed by atoms with Crippen LogP contribution in [0.25, 0.3) is 0 Å². The molecule has 0 radical (unpaired) electrons. The molecule has 0 fully saturated rings. The molecule has 0 heterocycles. The van der Waals surface area contributed by atoms with E-state index in [4.69, 9.17) is 38.6 Å². The zero-order valence-corrected chi connectivity index (χ0v) is 33.0. The minimum Gasteiger partial charge on any atom is -0.502 e. The summed E-state index contributed by atoms with van der Waals surface area (Å²) in [7, 11) is 5.51. The maximum Gasteiger partial charge on any atom is 0.320 e. The van der Waals surface area contributed by atoms with Crippen LogP contribution in [-0.4, -0.2) is 86.0 Å². The first kappa shape index (κ1) is 47.1. The standard InChI is InChI=1S/C28H46O7.C12H14O7/c1-7-11-13-20(9-3)18-34-27(30)23(28(31)35-19-21(10-4)14-12-8-2)15-22-16-24(32-5)26(29)25(17-22)33-6;1-18-8-4-6(5-9(19-2)10(8)13)3-7(11(14)15)12(16)17/h16-17,20-21,23,29H,7-15,18-19H2,1-6H3;4-5,7,13H,3H2,1-2H3,(H,14,15)(H,16,17). The van der Waals surface area contributed by atoms with Crippen LogP contribution in [0.1, 0.15) is 90.2 Å². The Kier molecular flexibility index (Phi) is 22.0. The molecule has 2 aromatic rings. The summed E-state index contributed by atoms with van der Waals surface area (Å²) in [5, 5.41) is 37.5. The van der Waals surface area contributed by atoms with Crippen molar-refractivity contribution in [2.75, 3.05) is 41.7 Å². The van der Waals surface area contributed by atoms with E-state index < -0.39 is 35.7 Å². The number of carboxylic acid groups (broad SMARTS) is 2. The first-order valence-electron chi connectivity index (χ1n) is 18.4. The monoisotopic (exact) mass is 764 g/mol. The van der Waals surface area contributed by atoms with Crippen molar-refractivity contribution >= 4 is 23.9 Å². The lowest BCUT2D eigenvalue weighted by molar-refractivity contribution is -0.164. The highest BCUT2D eigenvalue weighted by Gasteiger charge is 2.32. The molecule has 0 bridgehead atoms. The maximum absolute atomic E-state index is 13.1. The summed E-state index contributed by atoms with van der Waals surface area (Å²) in [6.45, 7) is 9.00. The molecule has 304 valence electrons. The molecule has 14 nitrogen and oxygen atoms in total. The number of phenolic OH excluding ortho intramolecular Hbond substituents is 2. The normalized spacial score (nSPS) is 12.4. The fraction of sp³-hybridized carbons (Fsp3) is 0.600. The van der Waals surface area contributed by atoms with Crippen LogP contribution in [0.15, 0.2) is 24.3 Å². The summed E-state index contributed by atoms with van der Waals surface area (Å²) in [5.74, 6) is -5.96. The van der Waals surface area contributed by atoms with Crippen molar-refractivity contribution in [1.82, 2.24) is 0 Å². The summed E-state index contributed by atoms with van der Waals surface area (Å²) in [5.41, 5.74) is 0.979. The zero-order chi connectivity index (χ0) is 40.8. The summed E-state index contributed by atoms with van der Waals surface area (Å²) in [4.78, 5) is 47.9. The van der Waals surface area contributed by atoms with E-state index in [0.29, 0.717) is 11.1 Å². The van der Waals surface area contributed by atoms with Crippen LogP contribution in [0.4, 0.5) is 0 Å². The van der Waals surface area contributed by atoms with E-state index in [0.717, 1.165) is 51.4 Å². The van der Waals surface area contributed by atoms with Gasteiger partial charge in [-0.25, -0.2) is 0 Å². The Morgan fingerprint density at radius 3 is 1.13 bits per heavy atom. The van der Waals surface area contributed by atoms with Crippen LogP contribution >= 0.6 is 0 Å². The molecule has 0 aliphatic rings. The molecule has 2 atom stereocenters. The van der Waals surface area contributed by atoms with Crippen molar-refractivity contribution in [3.05, 3.63) is 35.4 Å². The predicted octanol–water partition coefficient (Wildman–Crippen LogP) is 6.82. The number of ether oxygens (including phenoxy) is 6. The van der Waals surface area contributed by atoms with Crippen molar-refractivity contribution in [1.29, 1.82) is 0 Å². The molecule has 0 aliphatic carbocycles. The molecule has 0 saturated carbocycles. The van der Waals surface area contributed by atoms with Gasteiger partial charge in [-0.15, -0.1) is 0 Å². The van der Waals surface area contributed by atoms with E-state index in [2.05, 4.69) is 27.7 Å². The number of methoxy groups -OCH3 is 4. The zero-order valence-electron chi connectivity index (χ0n) is 33.0. The number of hydrogen-bond donors (Lipinski definition) is 4. The van der Waals surface area contributed by atoms with Gasteiger partial charge in [0.1, 0.15) is 0 Å². The van der Waals surface area contributed by atoms with Gasteiger partial charge in [-0.05, 0) is 72.9 Å². The molecule has 0 aliphatic heterocycles. The largest absolute Gasteiger partial charge is 0.502 e. The van der Waals surface area contributed by atoms with Gasteiger partial charge in [0.2, 0.25) is 11.5 Å². The van der Waals surface area contributed by atoms with Crippen LogP contribution in [0.2, 0.25) is 0 Å². The Hall–Kier alpha value is -4.88. The number of rotatable bonds is 24. The van der Waals surface area contributed by atoms with Crippen molar-refractivity contribution in [2.24, 2.45) is 23.7 Å². The van der Waals surface area contributed by atoms with Gasteiger partial charge in [0, 0.05) is 0 Å². The first-order valence-corrected chi connectivity index (χ1v) is 18.4. The third-order valence-corrected chi connectivity index (χ3v) is 9.13.